The van der Waals surface area contributed by atoms with E-state index in [1.165, 1.54) is 9.13 Å². The molecule has 1 fully saturated rings. The molecule has 0 aliphatic carbocycles. The Morgan fingerprint density at radius 1 is 1.13 bits per heavy atom. The number of fused-ring (bicyclic) bond motifs is 4. The number of furan rings is 1. The van der Waals surface area contributed by atoms with E-state index >= 15 is 0 Å². The van der Waals surface area contributed by atoms with Crippen molar-refractivity contribution in [3.05, 3.63) is 67.8 Å². The SMILES string of the molecule is CC(C)=CCn1c(N2CCCC(NC(=O)OC(C)(C)C)C2)nc2c1c(=O)n(Cc1nc(C)c3oc4ccc(C)cc4c3n1)c(=O)n2C. The molecule has 6 rings (SSSR count). The molecule has 1 aliphatic heterocycles. The third-order valence-corrected chi connectivity index (χ3v) is 8.30. The molecule has 1 amide bonds. The second kappa shape index (κ2) is 12.0. The lowest BCUT2D eigenvalue weighted by atomic mass is 10.1. The molecule has 1 N–H and O–H groups in total. The highest BCUT2D eigenvalue weighted by atomic mass is 16.6. The average Bonchev–Trinajstić information content (AvgIpc) is 3.55. The smallest absolute Gasteiger partial charge is 0.407 e. The van der Waals surface area contributed by atoms with Crippen molar-refractivity contribution < 1.29 is 13.9 Å². The third kappa shape index (κ3) is 6.26. The van der Waals surface area contributed by atoms with Gasteiger partial charge >= 0.3 is 11.8 Å². The molecule has 248 valence electrons. The number of carbonyl (C=O) groups is 1. The zero-order chi connectivity index (χ0) is 33.8. The van der Waals surface area contributed by atoms with Crippen LogP contribution in [0.2, 0.25) is 0 Å². The zero-order valence-corrected chi connectivity index (χ0v) is 28.3. The number of rotatable bonds is 6. The van der Waals surface area contributed by atoms with E-state index < -0.39 is 22.9 Å². The van der Waals surface area contributed by atoms with Crippen molar-refractivity contribution in [2.24, 2.45) is 7.05 Å². The summed E-state index contributed by atoms with van der Waals surface area (Å²) in [6, 6.07) is 5.71. The fourth-order valence-corrected chi connectivity index (χ4v) is 6.10. The van der Waals surface area contributed by atoms with E-state index in [1.54, 1.807) is 7.05 Å². The van der Waals surface area contributed by atoms with Crippen molar-refractivity contribution in [1.29, 1.82) is 0 Å². The summed E-state index contributed by atoms with van der Waals surface area (Å²) in [5.74, 6) is 0.896. The van der Waals surface area contributed by atoms with Crippen LogP contribution in [-0.4, -0.2) is 59.5 Å². The van der Waals surface area contributed by atoms with Crippen molar-refractivity contribution >= 4 is 45.3 Å². The minimum Gasteiger partial charge on any atom is -0.452 e. The number of allylic oxidation sites excluding steroid dienone is 2. The Hall–Kier alpha value is -4.94. The van der Waals surface area contributed by atoms with Crippen LogP contribution in [0.25, 0.3) is 33.2 Å². The van der Waals surface area contributed by atoms with Crippen LogP contribution in [0, 0.1) is 13.8 Å². The Bertz CT molecular complexity index is 2170. The van der Waals surface area contributed by atoms with Gasteiger partial charge in [-0.2, -0.15) is 4.98 Å². The lowest BCUT2D eigenvalue weighted by molar-refractivity contribution is 0.0499. The fraction of sp³-hybridized carbons (Fsp3) is 0.471. The number of nitrogens with one attached hydrogen (secondary N) is 1. The monoisotopic (exact) mass is 642 g/mol. The number of piperidine rings is 1. The number of aromatic nitrogens is 6. The molecule has 1 aromatic carbocycles. The number of benzene rings is 1. The number of carbonyl (C=O) groups excluding carboxylic acids is 1. The van der Waals surface area contributed by atoms with Crippen molar-refractivity contribution in [1.82, 2.24) is 34.0 Å². The molecule has 1 atom stereocenters. The van der Waals surface area contributed by atoms with Crippen molar-refractivity contribution in [3.8, 4) is 0 Å². The molecule has 4 aromatic heterocycles. The Balaban J connectivity index is 1.42. The second-order valence-corrected chi connectivity index (χ2v) is 13.6. The van der Waals surface area contributed by atoms with Crippen LogP contribution in [0.5, 0.6) is 0 Å². The molecule has 1 saturated heterocycles. The minimum atomic E-state index is -0.609. The number of hydrogen-bond donors (Lipinski definition) is 1. The largest absolute Gasteiger partial charge is 0.452 e. The van der Waals surface area contributed by atoms with Crippen LogP contribution in [0.15, 0.2) is 43.9 Å². The molecule has 5 heterocycles. The number of ether oxygens (including phenoxy) is 1. The summed E-state index contributed by atoms with van der Waals surface area (Å²) in [6.07, 6.45) is 3.13. The summed E-state index contributed by atoms with van der Waals surface area (Å²) in [5.41, 5.74) is 3.69. The summed E-state index contributed by atoms with van der Waals surface area (Å²) in [6.45, 7) is 14.7. The van der Waals surface area contributed by atoms with Gasteiger partial charge in [0.15, 0.2) is 16.7 Å². The number of alkyl carbamates (subject to hydrolysis) is 1. The number of amides is 1. The normalized spacial score (nSPS) is 15.5. The molecular formula is C34H42N8O5. The molecule has 5 aromatic rings. The summed E-state index contributed by atoms with van der Waals surface area (Å²) in [5, 5.41) is 3.84. The number of nitrogens with zero attached hydrogens (tertiary/aromatic N) is 7. The van der Waals surface area contributed by atoms with Crippen LogP contribution in [-0.2, 0) is 24.9 Å². The molecule has 0 bridgehead atoms. The van der Waals surface area contributed by atoms with Gasteiger partial charge in [0.05, 0.1) is 12.2 Å². The standard InChI is InChI=1S/C34H42N8O5/c1-19(2)13-15-41-27-29(38-31(41)40-14-9-10-22(17-40)36-32(44)47-34(5,6)7)39(8)33(45)42(30(27)43)18-25-35-21(4)28-26(37-25)23-16-20(3)11-12-24(23)46-28/h11-13,16,22H,9-10,14-15,17-18H2,1-8H3,(H,36,44). The number of imidazole rings is 1. The summed E-state index contributed by atoms with van der Waals surface area (Å²) in [4.78, 5) is 56.9. The maximum Gasteiger partial charge on any atom is 0.407 e. The van der Waals surface area contributed by atoms with Crippen LogP contribution in [0.4, 0.5) is 10.7 Å². The molecule has 1 unspecified atom stereocenters. The Kier molecular flexibility index (Phi) is 8.18. The van der Waals surface area contributed by atoms with E-state index in [9.17, 15) is 14.4 Å². The van der Waals surface area contributed by atoms with Gasteiger partial charge in [0.2, 0.25) is 5.95 Å². The van der Waals surface area contributed by atoms with Gasteiger partial charge in [0.25, 0.3) is 5.56 Å². The molecule has 13 nitrogen and oxygen atoms in total. The first-order valence-corrected chi connectivity index (χ1v) is 15.9. The minimum absolute atomic E-state index is 0.120. The van der Waals surface area contributed by atoms with Gasteiger partial charge in [-0.3, -0.25) is 13.9 Å². The predicted molar refractivity (Wildman–Crippen MR) is 181 cm³/mol. The van der Waals surface area contributed by atoms with Gasteiger partial charge in [-0.15, -0.1) is 0 Å². The molecule has 1 aliphatic rings. The zero-order valence-electron chi connectivity index (χ0n) is 28.3. The van der Waals surface area contributed by atoms with Gasteiger partial charge in [0, 0.05) is 38.1 Å². The highest BCUT2D eigenvalue weighted by Crippen LogP contribution is 2.30. The molecular weight excluding hydrogens is 600 g/mol. The summed E-state index contributed by atoms with van der Waals surface area (Å²) in [7, 11) is 1.62. The Labute approximate surface area is 271 Å². The van der Waals surface area contributed by atoms with E-state index in [4.69, 9.17) is 19.1 Å². The van der Waals surface area contributed by atoms with Gasteiger partial charge < -0.3 is 23.9 Å². The van der Waals surface area contributed by atoms with Gasteiger partial charge in [0.1, 0.15) is 22.5 Å². The van der Waals surface area contributed by atoms with Crippen LogP contribution in [0.3, 0.4) is 0 Å². The van der Waals surface area contributed by atoms with E-state index in [1.807, 2.05) is 77.3 Å². The lowest BCUT2D eigenvalue weighted by Gasteiger charge is -2.34. The molecule has 0 saturated carbocycles. The van der Waals surface area contributed by atoms with E-state index in [2.05, 4.69) is 15.2 Å². The predicted octanol–water partition coefficient (Wildman–Crippen LogP) is 4.71. The Morgan fingerprint density at radius 2 is 1.89 bits per heavy atom. The third-order valence-electron chi connectivity index (χ3n) is 8.30. The first-order valence-electron chi connectivity index (χ1n) is 15.9. The molecule has 0 spiro atoms. The van der Waals surface area contributed by atoms with Gasteiger partial charge in [-0.05, 0) is 73.4 Å². The molecule has 13 heteroatoms. The van der Waals surface area contributed by atoms with Crippen LogP contribution >= 0.6 is 0 Å². The quantitative estimate of drug-likeness (QED) is 0.261. The van der Waals surface area contributed by atoms with E-state index in [-0.39, 0.29) is 12.6 Å². The first-order chi connectivity index (χ1) is 22.2. The topological polar surface area (TPSA) is 142 Å². The van der Waals surface area contributed by atoms with E-state index in [0.29, 0.717) is 64.9 Å². The lowest BCUT2D eigenvalue weighted by Crippen LogP contribution is -2.49. The van der Waals surface area contributed by atoms with Gasteiger partial charge in [-0.1, -0.05) is 23.3 Å². The van der Waals surface area contributed by atoms with Crippen LogP contribution < -0.4 is 21.5 Å². The average molecular weight is 643 g/mol. The van der Waals surface area contributed by atoms with Crippen LogP contribution in [0.1, 0.15) is 64.5 Å². The van der Waals surface area contributed by atoms with E-state index in [0.717, 1.165) is 29.4 Å². The maximum absolute atomic E-state index is 14.3. The number of anilines is 1. The van der Waals surface area contributed by atoms with Crippen molar-refractivity contribution in [2.75, 3.05) is 18.0 Å². The van der Waals surface area contributed by atoms with Gasteiger partial charge in [-0.25, -0.2) is 19.6 Å². The summed E-state index contributed by atoms with van der Waals surface area (Å²) >= 11 is 0. The highest BCUT2D eigenvalue weighted by Gasteiger charge is 2.29. The number of hydrogen-bond acceptors (Lipinski definition) is 9. The maximum atomic E-state index is 14.3. The first kappa shape index (κ1) is 32.0. The highest BCUT2D eigenvalue weighted by molar-refractivity contribution is 6.03. The fourth-order valence-electron chi connectivity index (χ4n) is 6.10. The van der Waals surface area contributed by atoms with Crippen molar-refractivity contribution in [2.45, 2.75) is 86.0 Å². The summed E-state index contributed by atoms with van der Waals surface area (Å²) < 4.78 is 15.9. The molecule has 47 heavy (non-hydrogen) atoms. The molecule has 0 radical (unpaired) electrons. The number of aryl methyl sites for hydroxylation is 3. The Morgan fingerprint density at radius 3 is 2.62 bits per heavy atom. The second-order valence-electron chi connectivity index (χ2n) is 13.6. The van der Waals surface area contributed by atoms with Crippen molar-refractivity contribution in [3.63, 3.8) is 0 Å².